The molecule has 136 valence electrons. The molecule has 1 saturated heterocycles. The lowest BCUT2D eigenvalue weighted by Crippen LogP contribution is -2.38. The normalized spacial score (nSPS) is 18.6. The van der Waals surface area contributed by atoms with Crippen molar-refractivity contribution in [1.29, 1.82) is 0 Å². The van der Waals surface area contributed by atoms with E-state index in [2.05, 4.69) is 126 Å². The first kappa shape index (κ1) is 17.0. The van der Waals surface area contributed by atoms with Crippen LogP contribution >= 0.6 is 0 Å². The van der Waals surface area contributed by atoms with E-state index in [-0.39, 0.29) is 5.54 Å². The Morgan fingerprint density at radius 1 is 0.500 bits per heavy atom. The molecule has 2 unspecified atom stereocenters. The highest BCUT2D eigenvalue weighted by Gasteiger charge is 2.53. The summed E-state index contributed by atoms with van der Waals surface area (Å²) >= 11 is 0. The third kappa shape index (κ3) is 2.76. The Morgan fingerprint density at radius 3 is 1.25 bits per heavy atom. The van der Waals surface area contributed by atoms with Crippen molar-refractivity contribution in [3.8, 4) is 0 Å². The molecular formula is C27H23N. The average molecular weight is 361 g/mol. The molecule has 0 N–H and O–H groups in total. The van der Waals surface area contributed by atoms with E-state index >= 15 is 0 Å². The van der Waals surface area contributed by atoms with Gasteiger partial charge in [0.05, 0.1) is 5.54 Å². The molecule has 1 heteroatoms. The van der Waals surface area contributed by atoms with Crippen molar-refractivity contribution in [1.82, 2.24) is 4.90 Å². The maximum atomic E-state index is 2.63. The van der Waals surface area contributed by atoms with Crippen LogP contribution in [-0.4, -0.2) is 11.4 Å². The predicted molar refractivity (Wildman–Crippen MR) is 115 cm³/mol. The van der Waals surface area contributed by atoms with Crippen molar-refractivity contribution in [2.45, 2.75) is 11.6 Å². The van der Waals surface area contributed by atoms with Crippen molar-refractivity contribution in [2.75, 3.05) is 6.54 Å². The molecule has 0 saturated carbocycles. The summed E-state index contributed by atoms with van der Waals surface area (Å²) in [5, 5.41) is 0. The Labute approximate surface area is 166 Å². The minimum Gasteiger partial charge on any atom is -0.276 e. The molecule has 1 aliphatic rings. The summed E-state index contributed by atoms with van der Waals surface area (Å²) in [6, 6.07) is 44.1. The molecule has 1 aliphatic heterocycles. The first-order valence-corrected chi connectivity index (χ1v) is 9.89. The molecule has 0 aromatic heterocycles. The maximum absolute atomic E-state index is 2.63. The highest BCUT2D eigenvalue weighted by atomic mass is 15.4. The number of hydrogen-bond donors (Lipinski definition) is 0. The van der Waals surface area contributed by atoms with Crippen LogP contribution in [0.4, 0.5) is 0 Å². The van der Waals surface area contributed by atoms with E-state index in [1.165, 1.54) is 22.3 Å². The molecule has 5 rings (SSSR count). The first-order chi connectivity index (χ1) is 13.9. The second-order valence-corrected chi connectivity index (χ2v) is 7.39. The fourth-order valence-electron chi connectivity index (χ4n) is 4.51. The molecule has 0 bridgehead atoms. The van der Waals surface area contributed by atoms with Gasteiger partial charge in [0.25, 0.3) is 0 Å². The number of rotatable bonds is 5. The minimum atomic E-state index is -0.301. The summed E-state index contributed by atoms with van der Waals surface area (Å²) in [5.74, 6) is 0. The minimum absolute atomic E-state index is 0.301. The quantitative estimate of drug-likeness (QED) is 0.309. The number of hydrogen-bond acceptors (Lipinski definition) is 1. The maximum Gasteiger partial charge on any atom is 0.0979 e. The third-order valence-corrected chi connectivity index (χ3v) is 5.80. The van der Waals surface area contributed by atoms with Crippen LogP contribution in [0.25, 0.3) is 0 Å². The molecule has 1 nitrogen and oxygen atoms in total. The van der Waals surface area contributed by atoms with Gasteiger partial charge < -0.3 is 0 Å². The number of nitrogens with zero attached hydrogens (tertiary/aromatic N) is 1. The molecule has 0 aliphatic carbocycles. The SMILES string of the molecule is c1ccc(C2CN2C(c2ccccc2)(c2ccccc2)c2ccccc2)cc1. The van der Waals surface area contributed by atoms with Crippen LogP contribution in [0.1, 0.15) is 28.3 Å². The molecule has 2 atom stereocenters. The topological polar surface area (TPSA) is 3.01 Å². The van der Waals surface area contributed by atoms with Crippen LogP contribution in [-0.2, 0) is 5.54 Å². The van der Waals surface area contributed by atoms with Gasteiger partial charge in [-0.15, -0.1) is 0 Å². The van der Waals surface area contributed by atoms with Gasteiger partial charge >= 0.3 is 0 Å². The summed E-state index contributed by atoms with van der Waals surface area (Å²) in [7, 11) is 0. The second-order valence-electron chi connectivity index (χ2n) is 7.39. The van der Waals surface area contributed by atoms with E-state index in [1.54, 1.807) is 0 Å². The second kappa shape index (κ2) is 7.10. The average Bonchev–Trinajstić information content (AvgIpc) is 3.58. The largest absolute Gasteiger partial charge is 0.276 e. The van der Waals surface area contributed by atoms with Crippen molar-refractivity contribution in [3.63, 3.8) is 0 Å². The molecule has 4 aromatic carbocycles. The van der Waals surface area contributed by atoms with Crippen molar-refractivity contribution < 1.29 is 0 Å². The molecule has 0 spiro atoms. The summed E-state index contributed by atoms with van der Waals surface area (Å²) in [6.45, 7) is 1.04. The first-order valence-electron chi connectivity index (χ1n) is 9.89. The van der Waals surface area contributed by atoms with Gasteiger partial charge in [0.2, 0.25) is 0 Å². The fraction of sp³-hybridized carbons (Fsp3) is 0.111. The van der Waals surface area contributed by atoms with E-state index in [0.717, 1.165) is 6.54 Å². The fourth-order valence-corrected chi connectivity index (χ4v) is 4.51. The molecular weight excluding hydrogens is 338 g/mol. The van der Waals surface area contributed by atoms with Gasteiger partial charge in [0.15, 0.2) is 0 Å². The van der Waals surface area contributed by atoms with E-state index < -0.39 is 0 Å². The Morgan fingerprint density at radius 2 is 0.857 bits per heavy atom. The lowest BCUT2D eigenvalue weighted by Gasteiger charge is -2.38. The van der Waals surface area contributed by atoms with Crippen LogP contribution in [0.5, 0.6) is 0 Å². The molecule has 28 heavy (non-hydrogen) atoms. The molecule has 4 aromatic rings. The molecule has 0 radical (unpaired) electrons. The molecule has 0 amide bonds. The van der Waals surface area contributed by atoms with Gasteiger partial charge in [-0.1, -0.05) is 121 Å². The van der Waals surface area contributed by atoms with Crippen LogP contribution in [0.3, 0.4) is 0 Å². The van der Waals surface area contributed by atoms with Crippen molar-refractivity contribution >= 4 is 0 Å². The Balaban J connectivity index is 1.74. The van der Waals surface area contributed by atoms with Crippen LogP contribution in [0, 0.1) is 0 Å². The highest BCUT2D eigenvalue weighted by molar-refractivity contribution is 5.51. The van der Waals surface area contributed by atoms with Gasteiger partial charge in [-0.3, -0.25) is 4.90 Å². The van der Waals surface area contributed by atoms with E-state index in [9.17, 15) is 0 Å². The Kier molecular flexibility index (Phi) is 4.31. The summed E-state index contributed by atoms with van der Waals surface area (Å²) in [4.78, 5) is 2.63. The Hall–Kier alpha value is -3.16. The Bertz CT molecular complexity index is 930. The van der Waals surface area contributed by atoms with Gasteiger partial charge in [0, 0.05) is 12.6 Å². The van der Waals surface area contributed by atoms with Gasteiger partial charge in [0.1, 0.15) is 0 Å². The van der Waals surface area contributed by atoms with E-state index in [1.807, 2.05) is 0 Å². The lowest BCUT2D eigenvalue weighted by atomic mass is 9.76. The van der Waals surface area contributed by atoms with Crippen molar-refractivity contribution in [2.24, 2.45) is 0 Å². The smallest absolute Gasteiger partial charge is 0.0979 e. The van der Waals surface area contributed by atoms with E-state index in [0.29, 0.717) is 6.04 Å². The van der Waals surface area contributed by atoms with Gasteiger partial charge in [-0.2, -0.15) is 0 Å². The van der Waals surface area contributed by atoms with Crippen LogP contribution in [0.2, 0.25) is 0 Å². The lowest BCUT2D eigenvalue weighted by molar-refractivity contribution is 0.322. The molecule has 1 heterocycles. The zero-order valence-corrected chi connectivity index (χ0v) is 15.8. The van der Waals surface area contributed by atoms with Crippen LogP contribution in [0.15, 0.2) is 121 Å². The van der Waals surface area contributed by atoms with Gasteiger partial charge in [-0.25, -0.2) is 0 Å². The molecule has 1 fully saturated rings. The zero-order chi connectivity index (χ0) is 18.8. The number of benzene rings is 4. The predicted octanol–water partition coefficient (Wildman–Crippen LogP) is 6.04. The summed E-state index contributed by atoms with van der Waals surface area (Å²) < 4.78 is 0. The van der Waals surface area contributed by atoms with Crippen LogP contribution < -0.4 is 0 Å². The summed E-state index contributed by atoms with van der Waals surface area (Å²) in [5.41, 5.74) is 5.02. The van der Waals surface area contributed by atoms with Crippen molar-refractivity contribution in [3.05, 3.63) is 144 Å². The standard InChI is InChI=1S/C27H23N/c1-5-13-22(14-6-1)26-21-28(26)27(23-15-7-2-8-16-23,24-17-9-3-10-18-24)25-19-11-4-12-20-25/h1-20,26H,21H2. The van der Waals surface area contributed by atoms with Gasteiger partial charge in [-0.05, 0) is 22.3 Å². The highest BCUT2D eigenvalue weighted by Crippen LogP contribution is 2.53. The third-order valence-electron chi connectivity index (χ3n) is 5.80. The monoisotopic (exact) mass is 361 g/mol. The van der Waals surface area contributed by atoms with E-state index in [4.69, 9.17) is 0 Å². The summed E-state index contributed by atoms with van der Waals surface area (Å²) in [6.07, 6.45) is 0. The zero-order valence-electron chi connectivity index (χ0n) is 15.8.